The van der Waals surface area contributed by atoms with Gasteiger partial charge in [0, 0.05) is 0 Å². The van der Waals surface area contributed by atoms with Crippen LogP contribution in [0.4, 0.5) is 15.8 Å². The van der Waals surface area contributed by atoms with Crippen LogP contribution in [-0.2, 0) is 4.79 Å². The van der Waals surface area contributed by atoms with E-state index in [1.807, 2.05) is 0 Å². The Labute approximate surface area is 103 Å². The third-order valence-electron chi connectivity index (χ3n) is 2.41. The van der Waals surface area contributed by atoms with Gasteiger partial charge in [-0.2, -0.15) is 4.39 Å². The van der Waals surface area contributed by atoms with Crippen LogP contribution in [0, 0.1) is 21.8 Å². The number of carboxylic acids is 1. The molecule has 1 aromatic rings. The fourth-order valence-electron chi connectivity index (χ4n) is 1.50. The van der Waals surface area contributed by atoms with Crippen molar-refractivity contribution in [3.8, 4) is 0 Å². The van der Waals surface area contributed by atoms with Crippen LogP contribution in [0.25, 0.3) is 0 Å². The predicted octanol–water partition coefficient (Wildman–Crippen LogP) is 2.26. The number of rotatable bonds is 5. The SMILES string of the molecule is CC(C)[C@@H](Nc1cccc(F)c1[N+](=O)[O-])C(=O)O. The van der Waals surface area contributed by atoms with Crippen molar-refractivity contribution in [1.29, 1.82) is 0 Å². The zero-order valence-electron chi connectivity index (χ0n) is 9.88. The Hall–Kier alpha value is -2.18. The number of carbonyl (C=O) groups is 1. The monoisotopic (exact) mass is 256 g/mol. The standard InChI is InChI=1S/C11H13FN2O4/c1-6(2)9(11(15)16)13-8-5-3-4-7(12)10(8)14(17)18/h3-6,9,13H,1-2H3,(H,15,16)/t9-/m1/s1. The normalized spacial score (nSPS) is 12.2. The van der Waals surface area contributed by atoms with E-state index >= 15 is 0 Å². The largest absolute Gasteiger partial charge is 0.480 e. The number of hydrogen-bond donors (Lipinski definition) is 2. The van der Waals surface area contributed by atoms with E-state index in [0.29, 0.717) is 0 Å². The zero-order chi connectivity index (χ0) is 13.9. The minimum atomic E-state index is -1.15. The molecule has 6 nitrogen and oxygen atoms in total. The maximum absolute atomic E-state index is 13.3. The highest BCUT2D eigenvalue weighted by Crippen LogP contribution is 2.28. The van der Waals surface area contributed by atoms with E-state index in [1.165, 1.54) is 12.1 Å². The van der Waals surface area contributed by atoms with Crippen LogP contribution >= 0.6 is 0 Å². The Morgan fingerprint density at radius 2 is 2.11 bits per heavy atom. The second-order valence-electron chi connectivity index (χ2n) is 4.10. The first-order valence-electron chi connectivity index (χ1n) is 5.26. The smallest absolute Gasteiger partial charge is 0.327 e. The molecule has 0 saturated heterocycles. The minimum Gasteiger partial charge on any atom is -0.480 e. The number of nitrogens with zero attached hydrogens (tertiary/aromatic N) is 1. The van der Waals surface area contributed by atoms with E-state index in [4.69, 9.17) is 5.11 Å². The number of para-hydroxylation sites is 1. The van der Waals surface area contributed by atoms with Gasteiger partial charge in [-0.15, -0.1) is 0 Å². The number of halogens is 1. The van der Waals surface area contributed by atoms with Crippen molar-refractivity contribution < 1.29 is 19.2 Å². The summed E-state index contributed by atoms with van der Waals surface area (Å²) in [6.07, 6.45) is 0. The van der Waals surface area contributed by atoms with Gasteiger partial charge in [-0.1, -0.05) is 19.9 Å². The van der Waals surface area contributed by atoms with Gasteiger partial charge in [0.05, 0.1) is 4.92 Å². The Morgan fingerprint density at radius 3 is 2.56 bits per heavy atom. The van der Waals surface area contributed by atoms with E-state index in [0.717, 1.165) is 6.07 Å². The van der Waals surface area contributed by atoms with Gasteiger partial charge >= 0.3 is 11.7 Å². The highest BCUT2D eigenvalue weighted by Gasteiger charge is 2.26. The third-order valence-corrected chi connectivity index (χ3v) is 2.41. The van der Waals surface area contributed by atoms with Gasteiger partial charge in [0.15, 0.2) is 0 Å². The molecule has 98 valence electrons. The second kappa shape index (κ2) is 5.44. The molecule has 0 aromatic heterocycles. The molecule has 0 amide bonds. The minimum absolute atomic E-state index is 0.138. The van der Waals surface area contributed by atoms with Crippen molar-refractivity contribution >= 4 is 17.3 Å². The average molecular weight is 256 g/mol. The number of nitrogens with one attached hydrogen (secondary N) is 1. The first-order valence-corrected chi connectivity index (χ1v) is 5.26. The number of nitro groups is 1. The van der Waals surface area contributed by atoms with E-state index in [-0.39, 0.29) is 11.6 Å². The number of carboxylic acid groups (broad SMARTS) is 1. The summed E-state index contributed by atoms with van der Waals surface area (Å²) < 4.78 is 13.3. The molecule has 0 radical (unpaired) electrons. The zero-order valence-corrected chi connectivity index (χ0v) is 9.88. The number of aliphatic carboxylic acids is 1. The molecule has 18 heavy (non-hydrogen) atoms. The fraction of sp³-hybridized carbons (Fsp3) is 0.364. The van der Waals surface area contributed by atoms with Crippen molar-refractivity contribution in [3.63, 3.8) is 0 Å². The molecule has 0 fully saturated rings. The molecule has 0 unspecified atom stereocenters. The molecule has 0 spiro atoms. The van der Waals surface area contributed by atoms with Gasteiger partial charge in [0.1, 0.15) is 11.7 Å². The lowest BCUT2D eigenvalue weighted by Gasteiger charge is -2.19. The number of benzene rings is 1. The van der Waals surface area contributed by atoms with Crippen molar-refractivity contribution in [2.45, 2.75) is 19.9 Å². The summed E-state index contributed by atoms with van der Waals surface area (Å²) in [7, 11) is 0. The maximum Gasteiger partial charge on any atom is 0.327 e. The lowest BCUT2D eigenvalue weighted by molar-refractivity contribution is -0.386. The summed E-state index contributed by atoms with van der Waals surface area (Å²) in [4.78, 5) is 20.8. The van der Waals surface area contributed by atoms with Crippen LogP contribution in [0.3, 0.4) is 0 Å². The molecule has 1 rings (SSSR count). The molecule has 0 aliphatic carbocycles. The molecule has 0 aliphatic heterocycles. The molecular weight excluding hydrogens is 243 g/mol. The van der Waals surface area contributed by atoms with Gasteiger partial charge in [-0.3, -0.25) is 10.1 Å². The molecule has 0 saturated carbocycles. The van der Waals surface area contributed by atoms with Crippen LogP contribution in [0.1, 0.15) is 13.8 Å². The molecular formula is C11H13FN2O4. The summed E-state index contributed by atoms with van der Waals surface area (Å²) in [5.74, 6) is -2.45. The van der Waals surface area contributed by atoms with Gasteiger partial charge in [-0.05, 0) is 18.1 Å². The first kappa shape index (κ1) is 13.9. The predicted molar refractivity (Wildman–Crippen MR) is 62.9 cm³/mol. The maximum atomic E-state index is 13.3. The van der Waals surface area contributed by atoms with Crippen LogP contribution in [0.5, 0.6) is 0 Å². The highest BCUT2D eigenvalue weighted by molar-refractivity contribution is 5.79. The van der Waals surface area contributed by atoms with E-state index < -0.39 is 28.4 Å². The van der Waals surface area contributed by atoms with Gasteiger partial charge in [0.25, 0.3) is 0 Å². The first-order chi connectivity index (χ1) is 8.34. The van der Waals surface area contributed by atoms with Crippen LogP contribution in [0.15, 0.2) is 18.2 Å². The van der Waals surface area contributed by atoms with E-state index in [9.17, 15) is 19.3 Å². The quantitative estimate of drug-likeness (QED) is 0.622. The molecule has 1 atom stereocenters. The van der Waals surface area contributed by atoms with E-state index in [2.05, 4.69) is 5.32 Å². The number of nitro benzene ring substituents is 1. The number of anilines is 1. The third kappa shape index (κ3) is 2.93. The Bertz CT molecular complexity index is 476. The summed E-state index contributed by atoms with van der Waals surface area (Å²) in [6, 6.07) is 2.49. The average Bonchev–Trinajstić information content (AvgIpc) is 2.24. The fourth-order valence-corrected chi connectivity index (χ4v) is 1.50. The molecule has 0 heterocycles. The van der Waals surface area contributed by atoms with E-state index in [1.54, 1.807) is 13.8 Å². The van der Waals surface area contributed by atoms with Crippen molar-refractivity contribution in [2.75, 3.05) is 5.32 Å². The Balaban J connectivity index is 3.14. The highest BCUT2D eigenvalue weighted by atomic mass is 19.1. The summed E-state index contributed by atoms with van der Waals surface area (Å²) >= 11 is 0. The van der Waals surface area contributed by atoms with Crippen molar-refractivity contribution in [1.82, 2.24) is 0 Å². The Kier molecular flexibility index (Phi) is 4.19. The molecule has 0 aliphatic rings. The van der Waals surface area contributed by atoms with Crippen molar-refractivity contribution in [3.05, 3.63) is 34.1 Å². The Morgan fingerprint density at radius 1 is 1.50 bits per heavy atom. The molecule has 0 bridgehead atoms. The lowest BCUT2D eigenvalue weighted by atomic mass is 10.0. The van der Waals surface area contributed by atoms with Gasteiger partial charge in [0.2, 0.25) is 5.82 Å². The topological polar surface area (TPSA) is 92.5 Å². The molecule has 1 aromatic carbocycles. The van der Waals surface area contributed by atoms with Crippen molar-refractivity contribution in [2.24, 2.45) is 5.92 Å². The lowest BCUT2D eigenvalue weighted by Crippen LogP contribution is -2.34. The summed E-state index contributed by atoms with van der Waals surface area (Å²) in [5.41, 5.74) is -0.884. The van der Waals surface area contributed by atoms with Crippen LogP contribution < -0.4 is 5.32 Å². The molecule has 7 heteroatoms. The van der Waals surface area contributed by atoms with Gasteiger partial charge in [-0.25, -0.2) is 4.79 Å². The molecule has 2 N–H and O–H groups in total. The van der Waals surface area contributed by atoms with Gasteiger partial charge < -0.3 is 10.4 Å². The second-order valence-corrected chi connectivity index (χ2v) is 4.10. The summed E-state index contributed by atoms with van der Waals surface area (Å²) in [5, 5.41) is 22.2. The van der Waals surface area contributed by atoms with Crippen LogP contribution in [-0.4, -0.2) is 22.0 Å². The number of hydrogen-bond acceptors (Lipinski definition) is 4. The van der Waals surface area contributed by atoms with Crippen LogP contribution in [0.2, 0.25) is 0 Å². The summed E-state index contributed by atoms with van der Waals surface area (Å²) in [6.45, 7) is 3.30.